The summed E-state index contributed by atoms with van der Waals surface area (Å²) in [4.78, 5) is 13.1. The molecule has 0 atom stereocenters. The highest BCUT2D eigenvalue weighted by molar-refractivity contribution is 5.73. The van der Waals surface area contributed by atoms with Gasteiger partial charge in [-0.3, -0.25) is 4.57 Å². The first kappa shape index (κ1) is 9.03. The number of rotatable bonds is 1. The third-order valence-electron chi connectivity index (χ3n) is 2.46. The summed E-state index contributed by atoms with van der Waals surface area (Å²) in [5.41, 5.74) is 1.74. The van der Waals surface area contributed by atoms with Crippen LogP contribution in [-0.4, -0.2) is 19.5 Å². The molecule has 0 fully saturated rings. The molecule has 3 rings (SSSR count). The van der Waals surface area contributed by atoms with Crippen LogP contribution in [0.2, 0.25) is 0 Å². The molecule has 0 aliphatic carbocycles. The van der Waals surface area contributed by atoms with Gasteiger partial charge in [0.1, 0.15) is 17.2 Å². The third kappa shape index (κ3) is 1.27. The maximum Gasteiger partial charge on any atom is 0.165 e. The minimum atomic E-state index is 0.846. The van der Waals surface area contributed by atoms with Crippen molar-refractivity contribution in [2.75, 3.05) is 0 Å². The maximum absolute atomic E-state index is 4.45. The van der Waals surface area contributed by atoms with Gasteiger partial charge in [0.2, 0.25) is 0 Å². The van der Waals surface area contributed by atoms with Crippen molar-refractivity contribution in [3.8, 4) is 5.82 Å². The Hall–Kier alpha value is -2.23. The van der Waals surface area contributed by atoms with Crippen molar-refractivity contribution in [2.45, 2.75) is 6.92 Å². The van der Waals surface area contributed by atoms with Crippen molar-refractivity contribution in [1.29, 1.82) is 0 Å². The normalized spacial score (nSPS) is 10.8. The summed E-state index contributed by atoms with van der Waals surface area (Å²) in [6.07, 6.45) is 3.53. The smallest absolute Gasteiger partial charge is 0.165 e. The van der Waals surface area contributed by atoms with Crippen molar-refractivity contribution in [1.82, 2.24) is 19.5 Å². The van der Waals surface area contributed by atoms with Crippen molar-refractivity contribution in [3.63, 3.8) is 0 Å². The van der Waals surface area contributed by atoms with Crippen LogP contribution in [0.3, 0.4) is 0 Å². The Morgan fingerprint density at radius 2 is 1.88 bits per heavy atom. The molecular formula is C12H10N4. The Labute approximate surface area is 92.6 Å². The van der Waals surface area contributed by atoms with E-state index in [0.29, 0.717) is 0 Å². The molecule has 4 heteroatoms. The van der Waals surface area contributed by atoms with Crippen LogP contribution in [0.5, 0.6) is 0 Å². The van der Waals surface area contributed by atoms with Gasteiger partial charge in [0, 0.05) is 12.4 Å². The van der Waals surface area contributed by atoms with E-state index in [9.17, 15) is 0 Å². The maximum atomic E-state index is 4.45. The molecule has 3 aromatic rings. The largest absolute Gasteiger partial charge is 0.264 e. The molecule has 0 bridgehead atoms. The van der Waals surface area contributed by atoms with Gasteiger partial charge < -0.3 is 0 Å². The van der Waals surface area contributed by atoms with Gasteiger partial charge in [-0.2, -0.15) is 0 Å². The van der Waals surface area contributed by atoms with E-state index in [1.54, 1.807) is 12.4 Å². The number of hydrogen-bond acceptors (Lipinski definition) is 3. The van der Waals surface area contributed by atoms with Crippen molar-refractivity contribution in [2.24, 2.45) is 0 Å². The number of hydrogen-bond donors (Lipinski definition) is 0. The molecule has 0 radical (unpaired) electrons. The Kier molecular flexibility index (Phi) is 1.93. The third-order valence-corrected chi connectivity index (χ3v) is 2.46. The van der Waals surface area contributed by atoms with E-state index in [2.05, 4.69) is 15.0 Å². The molecule has 0 saturated carbocycles. The lowest BCUT2D eigenvalue weighted by Crippen LogP contribution is -1.99. The molecule has 0 aliphatic heterocycles. The quantitative estimate of drug-likeness (QED) is 0.618. The van der Waals surface area contributed by atoms with Crippen LogP contribution in [-0.2, 0) is 0 Å². The topological polar surface area (TPSA) is 43.6 Å². The summed E-state index contributed by atoms with van der Waals surface area (Å²) in [6, 6.07) is 9.64. The minimum absolute atomic E-state index is 0.846. The molecule has 0 N–H and O–H groups in total. The lowest BCUT2D eigenvalue weighted by Gasteiger charge is -2.03. The number of aromatic nitrogens is 4. The number of imidazole rings is 1. The molecular weight excluding hydrogens is 200 g/mol. The predicted octanol–water partition coefficient (Wildman–Crippen LogP) is 2.12. The van der Waals surface area contributed by atoms with E-state index in [0.717, 1.165) is 22.8 Å². The zero-order valence-electron chi connectivity index (χ0n) is 8.83. The molecule has 3 heterocycles. The van der Waals surface area contributed by atoms with Crippen molar-refractivity contribution in [3.05, 3.63) is 48.5 Å². The SMILES string of the molecule is Cc1nc2cccnc2n1-c1ccccn1. The van der Waals surface area contributed by atoms with Crippen LogP contribution in [0.15, 0.2) is 42.7 Å². The fourth-order valence-corrected chi connectivity index (χ4v) is 1.79. The van der Waals surface area contributed by atoms with Crippen LogP contribution in [0.4, 0.5) is 0 Å². The van der Waals surface area contributed by atoms with Crippen molar-refractivity contribution >= 4 is 11.2 Å². The van der Waals surface area contributed by atoms with Crippen LogP contribution >= 0.6 is 0 Å². The van der Waals surface area contributed by atoms with Gasteiger partial charge in [-0.05, 0) is 31.2 Å². The summed E-state index contributed by atoms with van der Waals surface area (Å²) in [5.74, 6) is 1.74. The zero-order chi connectivity index (χ0) is 11.0. The average molecular weight is 210 g/mol. The highest BCUT2D eigenvalue weighted by Crippen LogP contribution is 2.16. The van der Waals surface area contributed by atoms with Crippen LogP contribution in [0.25, 0.3) is 17.0 Å². The Morgan fingerprint density at radius 3 is 2.69 bits per heavy atom. The lowest BCUT2D eigenvalue weighted by atomic mass is 10.4. The highest BCUT2D eigenvalue weighted by atomic mass is 15.2. The van der Waals surface area contributed by atoms with E-state index in [4.69, 9.17) is 0 Å². The molecule has 16 heavy (non-hydrogen) atoms. The monoisotopic (exact) mass is 210 g/mol. The first-order chi connectivity index (χ1) is 7.86. The van der Waals surface area contributed by atoms with Gasteiger partial charge in [-0.1, -0.05) is 6.07 Å². The standard InChI is InChI=1S/C12H10N4/c1-9-15-10-5-4-8-14-12(10)16(9)11-6-2-3-7-13-11/h2-8H,1H3. The van der Waals surface area contributed by atoms with E-state index in [-0.39, 0.29) is 0 Å². The van der Waals surface area contributed by atoms with Gasteiger partial charge in [0.05, 0.1) is 0 Å². The summed E-state index contributed by atoms with van der Waals surface area (Å²) in [6.45, 7) is 1.95. The number of pyridine rings is 2. The lowest BCUT2D eigenvalue weighted by molar-refractivity contribution is 0.945. The predicted molar refractivity (Wildman–Crippen MR) is 61.4 cm³/mol. The molecule has 0 unspecified atom stereocenters. The Morgan fingerprint density at radius 1 is 1.00 bits per heavy atom. The van der Waals surface area contributed by atoms with E-state index < -0.39 is 0 Å². The number of aryl methyl sites for hydroxylation is 1. The van der Waals surface area contributed by atoms with Gasteiger partial charge >= 0.3 is 0 Å². The number of fused-ring (bicyclic) bond motifs is 1. The first-order valence-corrected chi connectivity index (χ1v) is 5.08. The van der Waals surface area contributed by atoms with Gasteiger partial charge in [0.25, 0.3) is 0 Å². The first-order valence-electron chi connectivity index (χ1n) is 5.08. The molecule has 0 aliphatic rings. The zero-order valence-corrected chi connectivity index (χ0v) is 8.83. The van der Waals surface area contributed by atoms with Gasteiger partial charge in [-0.25, -0.2) is 15.0 Å². The summed E-state index contributed by atoms with van der Waals surface area (Å²) in [5, 5.41) is 0. The molecule has 0 aromatic carbocycles. The average Bonchev–Trinajstić information content (AvgIpc) is 2.66. The van der Waals surface area contributed by atoms with Crippen molar-refractivity contribution < 1.29 is 0 Å². The molecule has 0 spiro atoms. The Balaban J connectivity index is 2.35. The van der Waals surface area contributed by atoms with Crippen LogP contribution < -0.4 is 0 Å². The van der Waals surface area contributed by atoms with Gasteiger partial charge in [0.15, 0.2) is 5.65 Å². The molecule has 0 amide bonds. The number of nitrogens with zero attached hydrogens (tertiary/aromatic N) is 4. The summed E-state index contributed by atoms with van der Waals surface area (Å²) in [7, 11) is 0. The second kappa shape index (κ2) is 3.41. The summed E-state index contributed by atoms with van der Waals surface area (Å²) < 4.78 is 1.95. The molecule has 0 saturated heterocycles. The highest BCUT2D eigenvalue weighted by Gasteiger charge is 2.09. The minimum Gasteiger partial charge on any atom is -0.264 e. The van der Waals surface area contributed by atoms with E-state index >= 15 is 0 Å². The molecule has 4 nitrogen and oxygen atoms in total. The second-order valence-corrected chi connectivity index (χ2v) is 3.53. The van der Waals surface area contributed by atoms with E-state index in [1.165, 1.54) is 0 Å². The fraction of sp³-hybridized carbons (Fsp3) is 0.0833. The Bertz CT molecular complexity index is 628. The summed E-state index contributed by atoms with van der Waals surface area (Å²) >= 11 is 0. The molecule has 3 aromatic heterocycles. The fourth-order valence-electron chi connectivity index (χ4n) is 1.79. The van der Waals surface area contributed by atoms with Gasteiger partial charge in [-0.15, -0.1) is 0 Å². The molecule has 78 valence electrons. The second-order valence-electron chi connectivity index (χ2n) is 3.53. The van der Waals surface area contributed by atoms with Crippen LogP contribution in [0, 0.1) is 6.92 Å². The van der Waals surface area contributed by atoms with E-state index in [1.807, 2.05) is 41.8 Å². The van der Waals surface area contributed by atoms with Crippen LogP contribution in [0.1, 0.15) is 5.82 Å².